The summed E-state index contributed by atoms with van der Waals surface area (Å²) < 4.78 is 0. The summed E-state index contributed by atoms with van der Waals surface area (Å²) in [5.41, 5.74) is 10.4. The smallest absolute Gasteiger partial charge is 0.255 e. The van der Waals surface area contributed by atoms with Gasteiger partial charge >= 0.3 is 0 Å². The van der Waals surface area contributed by atoms with Crippen LogP contribution in [0, 0.1) is 5.41 Å². The Hall–Kier alpha value is -5.88. The molecule has 4 amide bonds. The normalized spacial score (nSPS) is 25.5. The second-order valence-corrected chi connectivity index (χ2v) is 19.1. The number of phenolic OH excluding ortho intramolecular Hbond substituents is 1. The molecule has 1 unspecified atom stereocenters. The molecule has 11 rings (SSSR count). The Labute approximate surface area is 363 Å². The van der Waals surface area contributed by atoms with Gasteiger partial charge in [0.25, 0.3) is 5.91 Å². The van der Waals surface area contributed by atoms with Crippen molar-refractivity contribution >= 4 is 40.7 Å². The number of rotatable bonds is 6. The molecule has 2 N–H and O–H groups in total. The lowest BCUT2D eigenvalue weighted by molar-refractivity contribution is -0.138. The molecule has 4 atom stereocenters. The first-order valence-corrected chi connectivity index (χ1v) is 22.6. The standard InChI is InChI=1S/C50H55N7O5/c1-52-27-37-28-55(21-22-56(37)44-24-35-26-57(49(62)41(35)25-43(44)52)42-15-16-45(59)51-48(42)61)46(60)29-53-30-50(31-53)17-19-54(20-18-50)36-10-7-33(8-11-36)47-39(32-5-3-2-4-6-32)13-9-34-23-38(58)12-14-40(34)47/h2-8,10-12,14,23-25,37,39,42,47,58H,9,13,15-22,26-31H2,1H3,(H,51,59,61)/t37-,39-,42?,47+/m1/s1. The van der Waals surface area contributed by atoms with Gasteiger partial charge in [0.2, 0.25) is 17.7 Å². The van der Waals surface area contributed by atoms with Gasteiger partial charge in [0, 0.05) is 89.5 Å². The molecule has 12 heteroatoms. The maximum atomic E-state index is 13.8. The fourth-order valence-electron chi connectivity index (χ4n) is 12.1. The van der Waals surface area contributed by atoms with Crippen LogP contribution >= 0.6 is 0 Å². The summed E-state index contributed by atoms with van der Waals surface area (Å²) in [6.07, 6.45) is 4.85. The van der Waals surface area contributed by atoms with Crippen molar-refractivity contribution in [3.8, 4) is 5.75 Å². The number of likely N-dealkylation sites (tertiary alicyclic amines) is 1. The molecular weight excluding hydrogens is 779 g/mol. The molecule has 0 radical (unpaired) electrons. The van der Waals surface area contributed by atoms with Gasteiger partial charge < -0.3 is 29.6 Å². The number of piperazine rings is 1. The van der Waals surface area contributed by atoms with Crippen LogP contribution in [0.4, 0.5) is 17.1 Å². The number of hydrogen-bond donors (Lipinski definition) is 2. The quantitative estimate of drug-likeness (QED) is 0.257. The van der Waals surface area contributed by atoms with Crippen molar-refractivity contribution in [1.29, 1.82) is 0 Å². The maximum Gasteiger partial charge on any atom is 0.255 e. The highest BCUT2D eigenvalue weighted by Crippen LogP contribution is 2.48. The van der Waals surface area contributed by atoms with E-state index in [1.807, 2.05) is 25.2 Å². The summed E-state index contributed by atoms with van der Waals surface area (Å²) in [4.78, 5) is 64.8. The van der Waals surface area contributed by atoms with Crippen molar-refractivity contribution < 1.29 is 24.3 Å². The number of anilines is 3. The predicted octanol–water partition coefficient (Wildman–Crippen LogP) is 5.08. The third-order valence-corrected chi connectivity index (χ3v) is 15.4. The van der Waals surface area contributed by atoms with Crippen LogP contribution in [-0.2, 0) is 27.3 Å². The van der Waals surface area contributed by atoms with Crippen LogP contribution in [0.5, 0.6) is 5.75 Å². The molecule has 1 aliphatic carbocycles. The molecule has 1 spiro atoms. The van der Waals surface area contributed by atoms with E-state index in [0.29, 0.717) is 49.8 Å². The number of nitrogens with zero attached hydrogens (tertiary/aromatic N) is 6. The predicted molar refractivity (Wildman–Crippen MR) is 238 cm³/mol. The molecule has 4 saturated heterocycles. The Bertz CT molecular complexity index is 2440. The Morgan fingerprint density at radius 1 is 0.790 bits per heavy atom. The lowest BCUT2D eigenvalue weighted by Gasteiger charge is -2.55. The number of aryl methyl sites for hydroxylation is 1. The van der Waals surface area contributed by atoms with Crippen molar-refractivity contribution in [2.45, 2.75) is 69.0 Å². The first kappa shape index (κ1) is 39.0. The number of aromatic hydroxyl groups is 1. The molecule has 0 aromatic heterocycles. The SMILES string of the molecule is CN1C[C@@H]2CN(C(=O)CN3CC4(CCN(c5ccc([C@@H]6c7ccc(O)cc7CC[C@@H]6c6ccccc6)cc5)CC4)C3)CCN2c2cc3c(cc21)C(=O)N(C1CCC(=O)NC1=O)C3. The number of benzene rings is 4. The van der Waals surface area contributed by atoms with Gasteiger partial charge in [-0.15, -0.1) is 0 Å². The summed E-state index contributed by atoms with van der Waals surface area (Å²) in [5, 5.41) is 12.7. The average molecular weight is 834 g/mol. The number of fused-ring (bicyclic) bond motifs is 5. The number of nitrogens with one attached hydrogen (secondary N) is 1. The summed E-state index contributed by atoms with van der Waals surface area (Å²) in [7, 11) is 2.05. The number of phenols is 1. The molecule has 62 heavy (non-hydrogen) atoms. The first-order chi connectivity index (χ1) is 30.1. The van der Waals surface area contributed by atoms with Gasteiger partial charge in [-0.25, -0.2) is 0 Å². The zero-order valence-electron chi connectivity index (χ0n) is 35.5. The van der Waals surface area contributed by atoms with E-state index < -0.39 is 11.9 Å². The van der Waals surface area contributed by atoms with Crippen molar-refractivity contribution in [3.05, 3.63) is 118 Å². The molecule has 6 heterocycles. The molecule has 320 valence electrons. The van der Waals surface area contributed by atoms with Gasteiger partial charge in [-0.1, -0.05) is 48.5 Å². The van der Waals surface area contributed by atoms with Crippen LogP contribution in [0.1, 0.15) is 82.1 Å². The highest BCUT2D eigenvalue weighted by molar-refractivity contribution is 6.06. The molecule has 4 aromatic carbocycles. The molecular formula is C50H55N7O5. The minimum absolute atomic E-state index is 0.144. The minimum atomic E-state index is -0.638. The number of carbonyl (C=O) groups is 4. The Balaban J connectivity index is 0.687. The van der Waals surface area contributed by atoms with Crippen molar-refractivity contribution in [3.63, 3.8) is 0 Å². The average Bonchev–Trinajstić information content (AvgIpc) is 3.59. The fraction of sp³-hybridized carbons (Fsp3) is 0.440. The van der Waals surface area contributed by atoms with Gasteiger partial charge in [-0.2, -0.15) is 0 Å². The topological polar surface area (TPSA) is 120 Å². The Morgan fingerprint density at radius 2 is 1.58 bits per heavy atom. The van der Waals surface area contributed by atoms with Crippen LogP contribution in [0.25, 0.3) is 0 Å². The number of piperidine rings is 2. The minimum Gasteiger partial charge on any atom is -0.508 e. The van der Waals surface area contributed by atoms with Gasteiger partial charge in [0.15, 0.2) is 0 Å². The number of imide groups is 1. The highest BCUT2D eigenvalue weighted by Gasteiger charge is 2.47. The third-order valence-electron chi connectivity index (χ3n) is 15.4. The monoisotopic (exact) mass is 833 g/mol. The maximum absolute atomic E-state index is 13.8. The van der Waals surface area contributed by atoms with E-state index in [1.54, 1.807) is 4.90 Å². The van der Waals surface area contributed by atoms with Gasteiger partial charge in [-0.05, 0) is 108 Å². The van der Waals surface area contributed by atoms with Crippen LogP contribution < -0.4 is 20.0 Å². The van der Waals surface area contributed by atoms with Crippen LogP contribution in [-0.4, -0.2) is 121 Å². The third kappa shape index (κ3) is 6.78. The lowest BCUT2D eigenvalue weighted by Crippen LogP contribution is -2.64. The van der Waals surface area contributed by atoms with Crippen molar-refractivity contribution in [1.82, 2.24) is 20.0 Å². The van der Waals surface area contributed by atoms with E-state index >= 15 is 0 Å². The van der Waals surface area contributed by atoms with Crippen molar-refractivity contribution in [2.75, 3.05) is 80.7 Å². The molecule has 0 bridgehead atoms. The van der Waals surface area contributed by atoms with Crippen LogP contribution in [0.15, 0.2) is 84.9 Å². The lowest BCUT2D eigenvalue weighted by atomic mass is 9.69. The zero-order chi connectivity index (χ0) is 42.3. The van der Waals surface area contributed by atoms with E-state index in [2.05, 4.69) is 96.5 Å². The highest BCUT2D eigenvalue weighted by atomic mass is 16.3. The molecule has 0 saturated carbocycles. The number of likely N-dealkylation sites (N-methyl/N-ethyl adjacent to an activating group) is 1. The summed E-state index contributed by atoms with van der Waals surface area (Å²) in [6.45, 7) is 7.60. The summed E-state index contributed by atoms with van der Waals surface area (Å²) in [5.74, 6) is 0.328. The van der Waals surface area contributed by atoms with Crippen LogP contribution in [0.2, 0.25) is 0 Å². The second kappa shape index (κ2) is 15.2. The Morgan fingerprint density at radius 3 is 2.35 bits per heavy atom. The van der Waals surface area contributed by atoms with E-state index in [0.717, 1.165) is 81.9 Å². The fourth-order valence-corrected chi connectivity index (χ4v) is 12.1. The molecule has 4 fully saturated rings. The molecule has 12 nitrogen and oxygen atoms in total. The van der Waals surface area contributed by atoms with E-state index in [9.17, 15) is 24.3 Å². The molecule has 6 aliphatic heterocycles. The molecule has 4 aromatic rings. The first-order valence-electron chi connectivity index (χ1n) is 22.6. The largest absolute Gasteiger partial charge is 0.508 e. The second-order valence-electron chi connectivity index (χ2n) is 19.1. The zero-order valence-corrected chi connectivity index (χ0v) is 35.5. The van der Waals surface area contributed by atoms with Crippen molar-refractivity contribution in [2.24, 2.45) is 5.41 Å². The number of hydrogen-bond acceptors (Lipinski definition) is 9. The van der Waals surface area contributed by atoms with Gasteiger partial charge in [0.05, 0.1) is 24.0 Å². The summed E-state index contributed by atoms with van der Waals surface area (Å²) in [6, 6.07) is 29.7. The number of carbonyl (C=O) groups excluding carboxylic acids is 4. The number of amides is 4. The molecule has 7 aliphatic rings. The summed E-state index contributed by atoms with van der Waals surface area (Å²) >= 11 is 0. The Kier molecular flexibility index (Phi) is 9.55. The van der Waals surface area contributed by atoms with Crippen LogP contribution in [0.3, 0.4) is 0 Å². The van der Waals surface area contributed by atoms with E-state index in [1.165, 1.54) is 27.9 Å². The van der Waals surface area contributed by atoms with Gasteiger partial charge in [-0.3, -0.25) is 29.4 Å². The van der Waals surface area contributed by atoms with Gasteiger partial charge in [0.1, 0.15) is 11.8 Å². The van der Waals surface area contributed by atoms with E-state index in [-0.39, 0.29) is 41.5 Å². The van der Waals surface area contributed by atoms with E-state index in [4.69, 9.17) is 0 Å².